The molecule has 0 amide bonds. The highest BCUT2D eigenvalue weighted by Crippen LogP contribution is 2.37. The topological polar surface area (TPSA) is 38.9 Å². The lowest BCUT2D eigenvalue weighted by molar-refractivity contribution is -0.139. The van der Waals surface area contributed by atoms with E-state index in [4.69, 9.17) is 17.3 Å². The summed E-state index contributed by atoms with van der Waals surface area (Å²) < 4.78 is 61.8. The van der Waals surface area contributed by atoms with E-state index in [0.29, 0.717) is 6.07 Å². The fourth-order valence-corrected chi connectivity index (χ4v) is 1.31. The maximum atomic E-state index is 12.4. The zero-order chi connectivity index (χ0) is 12.5. The SMILES string of the molecule is NCc1nc(C(F)F)c(C(F)(F)F)cc1Cl. The molecule has 16 heavy (non-hydrogen) atoms. The summed E-state index contributed by atoms with van der Waals surface area (Å²) >= 11 is 5.42. The Kier molecular flexibility index (Phi) is 3.69. The number of pyridine rings is 1. The summed E-state index contributed by atoms with van der Waals surface area (Å²) in [5.41, 5.74) is 2.03. The third-order valence-electron chi connectivity index (χ3n) is 1.78. The first-order valence-corrected chi connectivity index (χ1v) is 4.40. The molecule has 0 bridgehead atoms. The summed E-state index contributed by atoms with van der Waals surface area (Å²) in [6.07, 6.45) is -8.26. The second-order valence-electron chi connectivity index (χ2n) is 2.85. The lowest BCUT2D eigenvalue weighted by atomic mass is 10.1. The average molecular weight is 261 g/mol. The molecule has 1 heterocycles. The molecule has 8 heteroatoms. The molecule has 0 aliphatic carbocycles. The van der Waals surface area contributed by atoms with Gasteiger partial charge in [0, 0.05) is 6.54 Å². The summed E-state index contributed by atoms with van der Waals surface area (Å²) in [5, 5.41) is -0.376. The Morgan fingerprint density at radius 3 is 2.31 bits per heavy atom. The van der Waals surface area contributed by atoms with Crippen LogP contribution in [0.2, 0.25) is 5.02 Å². The van der Waals surface area contributed by atoms with Crippen molar-refractivity contribution in [2.75, 3.05) is 0 Å². The number of hydrogen-bond donors (Lipinski definition) is 1. The van der Waals surface area contributed by atoms with Crippen LogP contribution in [0.1, 0.15) is 23.4 Å². The second-order valence-corrected chi connectivity index (χ2v) is 3.26. The third-order valence-corrected chi connectivity index (χ3v) is 2.11. The van der Waals surface area contributed by atoms with Crippen LogP contribution in [-0.2, 0) is 12.7 Å². The van der Waals surface area contributed by atoms with Crippen LogP contribution in [0.4, 0.5) is 22.0 Å². The third kappa shape index (κ3) is 2.59. The van der Waals surface area contributed by atoms with Crippen LogP contribution in [-0.4, -0.2) is 4.98 Å². The highest BCUT2D eigenvalue weighted by atomic mass is 35.5. The van der Waals surface area contributed by atoms with Crippen LogP contribution in [0.25, 0.3) is 0 Å². The Labute approximate surface area is 92.2 Å². The molecule has 0 saturated carbocycles. The minimum atomic E-state index is -4.92. The highest BCUT2D eigenvalue weighted by Gasteiger charge is 2.37. The Hall–Kier alpha value is -0.950. The predicted molar refractivity (Wildman–Crippen MR) is 47.1 cm³/mol. The van der Waals surface area contributed by atoms with E-state index in [2.05, 4.69) is 4.98 Å². The molecule has 0 aliphatic rings. The van der Waals surface area contributed by atoms with Crippen molar-refractivity contribution in [2.45, 2.75) is 19.1 Å². The smallest absolute Gasteiger partial charge is 0.325 e. The van der Waals surface area contributed by atoms with Gasteiger partial charge in [-0.2, -0.15) is 13.2 Å². The molecule has 2 nitrogen and oxygen atoms in total. The van der Waals surface area contributed by atoms with Gasteiger partial charge in [-0.15, -0.1) is 0 Å². The molecule has 0 fully saturated rings. The van der Waals surface area contributed by atoms with E-state index >= 15 is 0 Å². The fourth-order valence-electron chi connectivity index (χ4n) is 1.08. The Morgan fingerprint density at radius 1 is 1.38 bits per heavy atom. The van der Waals surface area contributed by atoms with Gasteiger partial charge in [0.15, 0.2) is 0 Å². The quantitative estimate of drug-likeness (QED) is 0.830. The van der Waals surface area contributed by atoms with Gasteiger partial charge in [-0.05, 0) is 6.07 Å². The molecule has 2 N–H and O–H groups in total. The molecule has 90 valence electrons. The van der Waals surface area contributed by atoms with Crippen LogP contribution in [0, 0.1) is 0 Å². The Balaban J connectivity index is 3.42. The van der Waals surface area contributed by atoms with Gasteiger partial charge in [0.05, 0.1) is 16.3 Å². The van der Waals surface area contributed by atoms with E-state index in [1.54, 1.807) is 0 Å². The largest absolute Gasteiger partial charge is 0.418 e. The van der Waals surface area contributed by atoms with Crippen molar-refractivity contribution in [3.8, 4) is 0 Å². The molecule has 0 radical (unpaired) electrons. The van der Waals surface area contributed by atoms with Gasteiger partial charge in [-0.25, -0.2) is 13.8 Å². The molecule has 0 saturated heterocycles. The van der Waals surface area contributed by atoms with Crippen LogP contribution in [0.3, 0.4) is 0 Å². The minimum absolute atomic E-state index is 0.190. The van der Waals surface area contributed by atoms with E-state index in [1.165, 1.54) is 0 Å². The van der Waals surface area contributed by atoms with Crippen molar-refractivity contribution in [1.29, 1.82) is 0 Å². The fraction of sp³-hybridized carbons (Fsp3) is 0.375. The van der Waals surface area contributed by atoms with Crippen molar-refractivity contribution < 1.29 is 22.0 Å². The second kappa shape index (κ2) is 4.50. The number of nitrogens with zero attached hydrogens (tertiary/aromatic N) is 1. The number of aromatic nitrogens is 1. The maximum absolute atomic E-state index is 12.4. The standard InChI is InChI=1S/C8H6ClF5N2/c9-4-1-3(8(12,13)14)6(7(10)11)16-5(4)2-15/h1,7H,2,15H2. The van der Waals surface area contributed by atoms with Crippen molar-refractivity contribution >= 4 is 11.6 Å². The highest BCUT2D eigenvalue weighted by molar-refractivity contribution is 6.31. The zero-order valence-corrected chi connectivity index (χ0v) is 8.41. The van der Waals surface area contributed by atoms with E-state index in [-0.39, 0.29) is 17.3 Å². The number of alkyl halides is 5. The molecule has 0 spiro atoms. The Bertz CT molecular complexity index is 391. The molecule has 0 aliphatic heterocycles. The van der Waals surface area contributed by atoms with Crippen LogP contribution in [0.5, 0.6) is 0 Å². The maximum Gasteiger partial charge on any atom is 0.418 e. The summed E-state index contributed by atoms with van der Waals surface area (Å²) in [4.78, 5) is 3.13. The number of hydrogen-bond acceptors (Lipinski definition) is 2. The number of halogens is 6. The van der Waals surface area contributed by atoms with Gasteiger partial charge in [0.2, 0.25) is 0 Å². The molecule has 1 rings (SSSR count). The molecule has 0 atom stereocenters. The lowest BCUT2D eigenvalue weighted by Crippen LogP contribution is -2.14. The Morgan fingerprint density at radius 2 is 1.94 bits per heavy atom. The monoisotopic (exact) mass is 260 g/mol. The van der Waals surface area contributed by atoms with E-state index in [0.717, 1.165) is 0 Å². The molecular formula is C8H6ClF5N2. The molecule has 1 aromatic rings. The number of rotatable bonds is 2. The van der Waals surface area contributed by atoms with Crippen LogP contribution in [0.15, 0.2) is 6.07 Å². The average Bonchev–Trinajstić information content (AvgIpc) is 2.15. The van der Waals surface area contributed by atoms with Gasteiger partial charge in [0.25, 0.3) is 6.43 Å². The van der Waals surface area contributed by atoms with E-state index in [1.807, 2.05) is 0 Å². The lowest BCUT2D eigenvalue weighted by Gasteiger charge is -2.13. The van der Waals surface area contributed by atoms with Gasteiger partial charge in [0.1, 0.15) is 5.69 Å². The van der Waals surface area contributed by atoms with Crippen molar-refractivity contribution in [3.05, 3.63) is 28.0 Å². The van der Waals surface area contributed by atoms with E-state index < -0.39 is 23.9 Å². The predicted octanol–water partition coefficient (Wildman–Crippen LogP) is 3.15. The van der Waals surface area contributed by atoms with Crippen LogP contribution < -0.4 is 5.73 Å². The normalized spacial score (nSPS) is 12.2. The summed E-state index contributed by atoms with van der Waals surface area (Å²) in [7, 11) is 0. The van der Waals surface area contributed by atoms with Gasteiger partial charge in [-0.3, -0.25) is 0 Å². The van der Waals surface area contributed by atoms with Crippen molar-refractivity contribution in [1.82, 2.24) is 4.98 Å². The van der Waals surface area contributed by atoms with Crippen LogP contribution >= 0.6 is 11.6 Å². The molecule has 0 unspecified atom stereocenters. The van der Waals surface area contributed by atoms with Crippen molar-refractivity contribution in [3.63, 3.8) is 0 Å². The number of nitrogens with two attached hydrogens (primary N) is 1. The molecular weight excluding hydrogens is 255 g/mol. The molecule has 1 aromatic heterocycles. The summed E-state index contributed by atoms with van der Waals surface area (Å²) in [6, 6.07) is 0.415. The first-order valence-electron chi connectivity index (χ1n) is 4.02. The molecule has 0 aromatic carbocycles. The summed E-state index contributed by atoms with van der Waals surface area (Å²) in [6.45, 7) is -0.309. The first-order chi connectivity index (χ1) is 7.27. The van der Waals surface area contributed by atoms with Gasteiger partial charge in [-0.1, -0.05) is 11.6 Å². The summed E-state index contributed by atoms with van der Waals surface area (Å²) in [5.74, 6) is 0. The van der Waals surface area contributed by atoms with Gasteiger partial charge >= 0.3 is 6.18 Å². The van der Waals surface area contributed by atoms with Crippen molar-refractivity contribution in [2.24, 2.45) is 5.73 Å². The van der Waals surface area contributed by atoms with Gasteiger partial charge < -0.3 is 5.73 Å². The first kappa shape index (κ1) is 13.1. The minimum Gasteiger partial charge on any atom is -0.325 e. The zero-order valence-electron chi connectivity index (χ0n) is 7.65. The van der Waals surface area contributed by atoms with E-state index in [9.17, 15) is 22.0 Å².